The van der Waals surface area contributed by atoms with Crippen LogP contribution in [0.1, 0.15) is 5.56 Å². The summed E-state index contributed by atoms with van der Waals surface area (Å²) < 4.78 is 10.7. The minimum Gasteiger partial charge on any atom is -0.492 e. The molecule has 6 heteroatoms. The van der Waals surface area contributed by atoms with Crippen LogP contribution in [0.3, 0.4) is 0 Å². The van der Waals surface area contributed by atoms with E-state index in [-0.39, 0.29) is 19.1 Å². The van der Waals surface area contributed by atoms with Gasteiger partial charge in [0, 0.05) is 10.7 Å². The largest absolute Gasteiger partial charge is 0.492 e. The fraction of sp³-hybridized carbons (Fsp3) is 0.222. The van der Waals surface area contributed by atoms with Gasteiger partial charge >= 0.3 is 5.97 Å². The van der Waals surface area contributed by atoms with Crippen molar-refractivity contribution in [3.63, 3.8) is 0 Å². The van der Waals surface area contributed by atoms with E-state index >= 15 is 0 Å². The topological polar surface area (TPSA) is 64.6 Å². The van der Waals surface area contributed by atoms with E-state index in [4.69, 9.17) is 21.1 Å². The van der Waals surface area contributed by atoms with E-state index in [2.05, 4.69) is 5.32 Å². The molecule has 5 nitrogen and oxygen atoms in total. The Balaban J connectivity index is 1.51. The van der Waals surface area contributed by atoms with E-state index in [1.165, 1.54) is 0 Å². The fourth-order valence-corrected chi connectivity index (χ4v) is 2.68. The lowest BCUT2D eigenvalue weighted by molar-refractivity contribution is -0.152. The van der Waals surface area contributed by atoms with Crippen LogP contribution in [0.15, 0.2) is 48.5 Å². The molecule has 2 aromatic carbocycles. The zero-order chi connectivity index (χ0) is 16.9. The van der Waals surface area contributed by atoms with Crippen LogP contribution in [0, 0.1) is 5.92 Å². The molecule has 0 aliphatic carbocycles. The number of ether oxygens (including phenoxy) is 2. The Labute approximate surface area is 144 Å². The van der Waals surface area contributed by atoms with Gasteiger partial charge in [-0.3, -0.25) is 9.59 Å². The molecule has 3 rings (SSSR count). The number of para-hydroxylation sites is 1. The lowest BCUT2D eigenvalue weighted by Crippen LogP contribution is -2.31. The molecular formula is C18H16ClNO4. The first-order chi connectivity index (χ1) is 11.6. The second-order valence-electron chi connectivity index (χ2n) is 5.49. The molecular weight excluding hydrogens is 330 g/mol. The van der Waals surface area contributed by atoms with Gasteiger partial charge in [0.05, 0.1) is 5.92 Å². The Morgan fingerprint density at radius 1 is 1.21 bits per heavy atom. The average molecular weight is 346 g/mol. The molecule has 1 aliphatic rings. The van der Waals surface area contributed by atoms with Gasteiger partial charge in [0.2, 0.25) is 0 Å². The number of amides is 1. The third-order valence-corrected chi connectivity index (χ3v) is 3.90. The van der Waals surface area contributed by atoms with Crippen molar-refractivity contribution < 1.29 is 19.1 Å². The maximum atomic E-state index is 12.1. The number of fused-ring (bicyclic) bond motifs is 1. The van der Waals surface area contributed by atoms with Gasteiger partial charge in [-0.05, 0) is 42.3 Å². The van der Waals surface area contributed by atoms with Crippen molar-refractivity contribution in [3.05, 3.63) is 59.1 Å². The highest BCUT2D eigenvalue weighted by atomic mass is 35.5. The average Bonchev–Trinajstić information content (AvgIpc) is 2.60. The van der Waals surface area contributed by atoms with Crippen molar-refractivity contribution in [2.24, 2.45) is 5.92 Å². The molecule has 0 unspecified atom stereocenters. The molecule has 0 saturated carbocycles. The number of anilines is 1. The van der Waals surface area contributed by atoms with Crippen LogP contribution in [0.5, 0.6) is 5.75 Å². The van der Waals surface area contributed by atoms with E-state index in [9.17, 15) is 9.59 Å². The lowest BCUT2D eigenvalue weighted by atomic mass is 9.97. The number of halogens is 1. The summed E-state index contributed by atoms with van der Waals surface area (Å²) in [6.45, 7) is -0.0968. The number of esters is 1. The molecule has 0 spiro atoms. The van der Waals surface area contributed by atoms with E-state index in [1.54, 1.807) is 30.3 Å². The van der Waals surface area contributed by atoms with Gasteiger partial charge < -0.3 is 14.8 Å². The summed E-state index contributed by atoms with van der Waals surface area (Å²) >= 11 is 5.96. The maximum absolute atomic E-state index is 12.1. The first kappa shape index (κ1) is 16.3. The van der Waals surface area contributed by atoms with Crippen LogP contribution in [0.25, 0.3) is 0 Å². The number of hydrogen-bond acceptors (Lipinski definition) is 4. The van der Waals surface area contributed by atoms with Crippen molar-refractivity contribution >= 4 is 29.2 Å². The van der Waals surface area contributed by atoms with Crippen LogP contribution in [-0.2, 0) is 20.7 Å². The quantitative estimate of drug-likeness (QED) is 0.865. The Kier molecular flexibility index (Phi) is 5.01. The zero-order valence-electron chi connectivity index (χ0n) is 12.8. The highest BCUT2D eigenvalue weighted by Gasteiger charge is 2.27. The van der Waals surface area contributed by atoms with Crippen LogP contribution in [0.2, 0.25) is 5.02 Å². The molecule has 1 heterocycles. The number of nitrogens with one attached hydrogen (secondary N) is 1. The van der Waals surface area contributed by atoms with E-state index in [1.807, 2.05) is 18.2 Å². The molecule has 0 bridgehead atoms. The highest BCUT2D eigenvalue weighted by molar-refractivity contribution is 6.30. The SMILES string of the molecule is O=C(COC(=O)[C@H]1COc2ccc(Cl)cc2C1)Nc1ccccc1. The van der Waals surface area contributed by atoms with Gasteiger partial charge in [-0.25, -0.2) is 0 Å². The van der Waals surface area contributed by atoms with Gasteiger partial charge in [0.1, 0.15) is 12.4 Å². The molecule has 1 atom stereocenters. The predicted octanol–water partition coefficient (Wildman–Crippen LogP) is 3.07. The number of rotatable bonds is 4. The summed E-state index contributed by atoms with van der Waals surface area (Å²) in [7, 11) is 0. The smallest absolute Gasteiger partial charge is 0.313 e. The standard InChI is InChI=1S/C18H16ClNO4/c19-14-6-7-16-12(9-14)8-13(10-23-16)18(22)24-11-17(21)20-15-4-2-1-3-5-15/h1-7,9,13H,8,10-11H2,(H,20,21)/t13-/m1/s1. The molecule has 1 aliphatic heterocycles. The minimum absolute atomic E-state index is 0.230. The highest BCUT2D eigenvalue weighted by Crippen LogP contribution is 2.30. The molecule has 0 aromatic heterocycles. The second kappa shape index (κ2) is 7.36. The predicted molar refractivity (Wildman–Crippen MR) is 90.2 cm³/mol. The van der Waals surface area contributed by atoms with Crippen molar-refractivity contribution in [2.45, 2.75) is 6.42 Å². The first-order valence-electron chi connectivity index (χ1n) is 7.54. The van der Waals surface area contributed by atoms with Crippen molar-refractivity contribution in [2.75, 3.05) is 18.5 Å². The van der Waals surface area contributed by atoms with Crippen LogP contribution in [-0.4, -0.2) is 25.1 Å². The van der Waals surface area contributed by atoms with Gasteiger partial charge in [0.25, 0.3) is 5.91 Å². The number of carbonyl (C=O) groups is 2. The summed E-state index contributed by atoms with van der Waals surface area (Å²) in [6, 6.07) is 14.3. The molecule has 1 amide bonds. The number of benzene rings is 2. The fourth-order valence-electron chi connectivity index (χ4n) is 2.49. The summed E-state index contributed by atoms with van der Waals surface area (Å²) in [6.07, 6.45) is 0.481. The lowest BCUT2D eigenvalue weighted by Gasteiger charge is -2.24. The van der Waals surface area contributed by atoms with Crippen LogP contribution >= 0.6 is 11.6 Å². The Morgan fingerprint density at radius 2 is 2.00 bits per heavy atom. The van der Waals surface area contributed by atoms with Gasteiger partial charge in [-0.2, -0.15) is 0 Å². The molecule has 124 valence electrons. The minimum atomic E-state index is -0.455. The summed E-state index contributed by atoms with van der Waals surface area (Å²) in [5.41, 5.74) is 1.52. The Hall–Kier alpha value is -2.53. The normalized spacial score (nSPS) is 15.8. The first-order valence-corrected chi connectivity index (χ1v) is 7.92. The third kappa shape index (κ3) is 4.06. The van der Waals surface area contributed by atoms with E-state index in [0.717, 1.165) is 11.3 Å². The third-order valence-electron chi connectivity index (χ3n) is 3.67. The summed E-state index contributed by atoms with van der Waals surface area (Å²) in [5.74, 6) is -0.552. The van der Waals surface area contributed by atoms with Crippen LogP contribution in [0.4, 0.5) is 5.69 Å². The van der Waals surface area contributed by atoms with Gasteiger partial charge in [-0.1, -0.05) is 29.8 Å². The molecule has 0 radical (unpaired) electrons. The van der Waals surface area contributed by atoms with Crippen molar-refractivity contribution in [1.82, 2.24) is 0 Å². The van der Waals surface area contributed by atoms with Crippen LogP contribution < -0.4 is 10.1 Å². The molecule has 24 heavy (non-hydrogen) atoms. The number of carbonyl (C=O) groups excluding carboxylic acids is 2. The molecule has 1 N–H and O–H groups in total. The summed E-state index contributed by atoms with van der Waals surface area (Å²) in [5, 5.41) is 3.25. The molecule has 2 aromatic rings. The maximum Gasteiger partial charge on any atom is 0.313 e. The zero-order valence-corrected chi connectivity index (χ0v) is 13.6. The monoisotopic (exact) mass is 345 g/mol. The second-order valence-corrected chi connectivity index (χ2v) is 5.92. The Bertz CT molecular complexity index is 748. The van der Waals surface area contributed by atoms with Gasteiger partial charge in [0.15, 0.2) is 6.61 Å². The molecule has 0 saturated heterocycles. The number of hydrogen-bond donors (Lipinski definition) is 1. The summed E-state index contributed by atoms with van der Waals surface area (Å²) in [4.78, 5) is 23.9. The van der Waals surface area contributed by atoms with Crippen molar-refractivity contribution in [1.29, 1.82) is 0 Å². The van der Waals surface area contributed by atoms with Gasteiger partial charge in [-0.15, -0.1) is 0 Å². The van der Waals surface area contributed by atoms with E-state index in [0.29, 0.717) is 17.1 Å². The van der Waals surface area contributed by atoms with Crippen molar-refractivity contribution in [3.8, 4) is 5.75 Å². The van der Waals surface area contributed by atoms with E-state index < -0.39 is 11.9 Å². The Morgan fingerprint density at radius 3 is 2.79 bits per heavy atom. The molecule has 0 fully saturated rings.